The molecule has 2 heterocycles. The highest BCUT2D eigenvalue weighted by Crippen LogP contribution is 2.34. The average molecular weight is 290 g/mol. The minimum atomic E-state index is -0.223. The molecule has 0 unspecified atom stereocenters. The quantitative estimate of drug-likeness (QED) is 0.910. The largest absolute Gasteiger partial charge is 0.454 e. The van der Waals surface area contributed by atoms with Crippen molar-refractivity contribution in [3.63, 3.8) is 0 Å². The second-order valence-corrected chi connectivity index (χ2v) is 5.11. The van der Waals surface area contributed by atoms with Gasteiger partial charge in [-0.25, -0.2) is 4.79 Å². The predicted octanol–water partition coefficient (Wildman–Crippen LogP) is 2.84. The highest BCUT2D eigenvalue weighted by atomic mass is 32.1. The van der Waals surface area contributed by atoms with Crippen molar-refractivity contribution in [1.82, 2.24) is 5.32 Å². The van der Waals surface area contributed by atoms with Gasteiger partial charge in [0.05, 0.1) is 0 Å². The van der Waals surface area contributed by atoms with Gasteiger partial charge in [0, 0.05) is 18.3 Å². The fraction of sp³-hybridized carbons (Fsp3) is 0.214. The number of urea groups is 1. The van der Waals surface area contributed by atoms with E-state index in [4.69, 9.17) is 9.47 Å². The van der Waals surface area contributed by atoms with Crippen molar-refractivity contribution in [1.29, 1.82) is 0 Å². The molecule has 6 heteroatoms. The molecule has 0 radical (unpaired) electrons. The van der Waals surface area contributed by atoms with Crippen LogP contribution in [0.15, 0.2) is 35.0 Å². The molecule has 0 bridgehead atoms. The number of rotatable bonds is 4. The maximum Gasteiger partial charge on any atom is 0.319 e. The fourth-order valence-corrected chi connectivity index (χ4v) is 2.61. The summed E-state index contributed by atoms with van der Waals surface area (Å²) in [7, 11) is 0. The first-order valence-corrected chi connectivity index (χ1v) is 7.21. The van der Waals surface area contributed by atoms with Crippen LogP contribution < -0.4 is 20.1 Å². The Morgan fingerprint density at radius 3 is 3.00 bits per heavy atom. The van der Waals surface area contributed by atoms with Crippen LogP contribution in [0.3, 0.4) is 0 Å². The molecule has 1 aromatic carbocycles. The van der Waals surface area contributed by atoms with Gasteiger partial charge in [0.15, 0.2) is 11.5 Å². The first-order valence-electron chi connectivity index (χ1n) is 6.27. The van der Waals surface area contributed by atoms with Gasteiger partial charge in [-0.1, -0.05) is 0 Å². The standard InChI is InChI=1S/C14H14N2O3S/c17-14(15-5-3-10-4-6-20-8-10)16-11-1-2-12-13(7-11)19-9-18-12/h1-2,4,6-8H,3,5,9H2,(H2,15,16,17). The molecule has 0 aliphatic carbocycles. The Morgan fingerprint density at radius 1 is 1.25 bits per heavy atom. The number of ether oxygens (including phenoxy) is 2. The molecule has 3 rings (SSSR count). The maximum absolute atomic E-state index is 11.7. The molecule has 0 saturated carbocycles. The van der Waals surface area contributed by atoms with Crippen LogP contribution in [0.5, 0.6) is 11.5 Å². The minimum Gasteiger partial charge on any atom is -0.454 e. The molecule has 2 aromatic rings. The molecule has 0 atom stereocenters. The second kappa shape index (κ2) is 5.83. The van der Waals surface area contributed by atoms with Crippen LogP contribution >= 0.6 is 11.3 Å². The Hall–Kier alpha value is -2.21. The molecule has 0 spiro atoms. The van der Waals surface area contributed by atoms with E-state index in [1.165, 1.54) is 5.56 Å². The highest BCUT2D eigenvalue weighted by Gasteiger charge is 2.13. The normalized spacial score (nSPS) is 12.2. The van der Waals surface area contributed by atoms with E-state index in [0.717, 1.165) is 6.42 Å². The summed E-state index contributed by atoms with van der Waals surface area (Å²) in [6, 6.07) is 7.15. The van der Waals surface area contributed by atoms with Crippen molar-refractivity contribution in [2.75, 3.05) is 18.7 Å². The van der Waals surface area contributed by atoms with Crippen molar-refractivity contribution in [3.8, 4) is 11.5 Å². The lowest BCUT2D eigenvalue weighted by molar-refractivity contribution is 0.174. The average Bonchev–Trinajstić information content (AvgIpc) is 3.08. The van der Waals surface area contributed by atoms with Gasteiger partial charge < -0.3 is 20.1 Å². The first-order chi connectivity index (χ1) is 9.81. The van der Waals surface area contributed by atoms with E-state index < -0.39 is 0 Å². The number of hydrogen-bond donors (Lipinski definition) is 2. The Bertz CT molecular complexity index is 598. The number of amides is 2. The van der Waals surface area contributed by atoms with E-state index in [9.17, 15) is 4.79 Å². The van der Waals surface area contributed by atoms with Gasteiger partial charge in [-0.2, -0.15) is 11.3 Å². The van der Waals surface area contributed by atoms with Crippen LogP contribution in [0, 0.1) is 0 Å². The zero-order valence-electron chi connectivity index (χ0n) is 10.7. The summed E-state index contributed by atoms with van der Waals surface area (Å²) in [6.07, 6.45) is 0.831. The summed E-state index contributed by atoms with van der Waals surface area (Å²) in [5, 5.41) is 9.70. The number of hydrogen-bond acceptors (Lipinski definition) is 4. The van der Waals surface area contributed by atoms with E-state index in [-0.39, 0.29) is 12.8 Å². The second-order valence-electron chi connectivity index (χ2n) is 4.33. The SMILES string of the molecule is O=C(NCCc1ccsc1)Nc1ccc2c(c1)OCO2. The molecule has 20 heavy (non-hydrogen) atoms. The third kappa shape index (κ3) is 3.03. The number of carbonyl (C=O) groups excluding carboxylic acids is 1. The number of anilines is 1. The van der Waals surface area contributed by atoms with Crippen LogP contribution in [0.25, 0.3) is 0 Å². The van der Waals surface area contributed by atoms with Gasteiger partial charge in [0.2, 0.25) is 6.79 Å². The van der Waals surface area contributed by atoms with Crippen molar-refractivity contribution in [2.45, 2.75) is 6.42 Å². The van der Waals surface area contributed by atoms with Crippen LogP contribution in [0.2, 0.25) is 0 Å². The number of nitrogens with one attached hydrogen (secondary N) is 2. The molecule has 0 fully saturated rings. The summed E-state index contributed by atoms with van der Waals surface area (Å²) < 4.78 is 10.5. The summed E-state index contributed by atoms with van der Waals surface area (Å²) in [5.41, 5.74) is 1.92. The van der Waals surface area contributed by atoms with Gasteiger partial charge >= 0.3 is 6.03 Å². The Labute approximate surface area is 120 Å². The van der Waals surface area contributed by atoms with E-state index >= 15 is 0 Å². The van der Waals surface area contributed by atoms with Crippen LogP contribution in [0.4, 0.5) is 10.5 Å². The molecule has 5 nitrogen and oxygen atoms in total. The predicted molar refractivity (Wildman–Crippen MR) is 77.6 cm³/mol. The summed E-state index contributed by atoms with van der Waals surface area (Å²) in [6.45, 7) is 0.832. The van der Waals surface area contributed by atoms with Crippen LogP contribution in [-0.2, 0) is 6.42 Å². The van der Waals surface area contributed by atoms with Gasteiger partial charge in [-0.15, -0.1) is 0 Å². The summed E-state index contributed by atoms with van der Waals surface area (Å²) >= 11 is 1.66. The molecule has 1 aromatic heterocycles. The lowest BCUT2D eigenvalue weighted by Crippen LogP contribution is -2.30. The van der Waals surface area contributed by atoms with E-state index in [0.29, 0.717) is 23.7 Å². The van der Waals surface area contributed by atoms with E-state index in [2.05, 4.69) is 22.1 Å². The Kier molecular flexibility index (Phi) is 3.73. The van der Waals surface area contributed by atoms with Crippen molar-refractivity contribution >= 4 is 23.1 Å². The number of carbonyl (C=O) groups is 1. The van der Waals surface area contributed by atoms with Gasteiger partial charge in [0.1, 0.15) is 0 Å². The first kappa shape index (κ1) is 12.8. The molecule has 2 N–H and O–H groups in total. The topological polar surface area (TPSA) is 59.6 Å². The lowest BCUT2D eigenvalue weighted by Gasteiger charge is -2.07. The zero-order chi connectivity index (χ0) is 13.8. The van der Waals surface area contributed by atoms with Gasteiger partial charge in [-0.05, 0) is 40.9 Å². The lowest BCUT2D eigenvalue weighted by atomic mass is 10.2. The van der Waals surface area contributed by atoms with E-state index in [1.54, 1.807) is 29.5 Å². The monoisotopic (exact) mass is 290 g/mol. The zero-order valence-corrected chi connectivity index (χ0v) is 11.5. The molecular weight excluding hydrogens is 276 g/mol. The van der Waals surface area contributed by atoms with Crippen LogP contribution in [-0.4, -0.2) is 19.4 Å². The van der Waals surface area contributed by atoms with E-state index in [1.807, 2.05) is 5.38 Å². The summed E-state index contributed by atoms with van der Waals surface area (Å²) in [5.74, 6) is 1.36. The number of fused-ring (bicyclic) bond motifs is 1. The molecule has 0 saturated heterocycles. The molecular formula is C14H14N2O3S. The van der Waals surface area contributed by atoms with Crippen molar-refractivity contribution in [3.05, 3.63) is 40.6 Å². The van der Waals surface area contributed by atoms with Gasteiger partial charge in [0.25, 0.3) is 0 Å². The minimum absolute atomic E-state index is 0.223. The molecule has 104 valence electrons. The third-order valence-electron chi connectivity index (χ3n) is 2.91. The number of benzene rings is 1. The Morgan fingerprint density at radius 2 is 2.15 bits per heavy atom. The Balaban J connectivity index is 1.49. The van der Waals surface area contributed by atoms with Crippen molar-refractivity contribution in [2.24, 2.45) is 0 Å². The van der Waals surface area contributed by atoms with Crippen LogP contribution in [0.1, 0.15) is 5.56 Å². The summed E-state index contributed by atoms with van der Waals surface area (Å²) in [4.78, 5) is 11.7. The smallest absolute Gasteiger partial charge is 0.319 e. The molecule has 2 amide bonds. The number of thiophene rings is 1. The third-order valence-corrected chi connectivity index (χ3v) is 3.64. The van der Waals surface area contributed by atoms with Crippen molar-refractivity contribution < 1.29 is 14.3 Å². The fourth-order valence-electron chi connectivity index (χ4n) is 1.90. The molecule has 1 aliphatic rings. The highest BCUT2D eigenvalue weighted by molar-refractivity contribution is 7.07. The maximum atomic E-state index is 11.7. The molecule has 1 aliphatic heterocycles. The van der Waals surface area contributed by atoms with Gasteiger partial charge in [-0.3, -0.25) is 0 Å².